The third kappa shape index (κ3) is 4.66. The molecule has 10 heteroatoms. The average molecular weight is 543 g/mol. The van der Waals surface area contributed by atoms with Crippen molar-refractivity contribution in [3.63, 3.8) is 0 Å². The number of ether oxygens (including phenoxy) is 2. The minimum Gasteiger partial charge on any atom is -0.507 e. The quantitative estimate of drug-likeness (QED) is 0.308. The summed E-state index contributed by atoms with van der Waals surface area (Å²) in [7, 11) is 0. The number of hydrogen-bond donors (Lipinski definition) is 5. The molecule has 1 fully saturated rings. The number of aromatic hydroxyl groups is 2. The molecule has 2 aromatic rings. The van der Waals surface area contributed by atoms with Crippen molar-refractivity contribution in [2.24, 2.45) is 11.8 Å². The Kier molecular flexibility index (Phi) is 8.25. The number of phenols is 2. The van der Waals surface area contributed by atoms with Gasteiger partial charge < -0.3 is 35.0 Å². The first-order chi connectivity index (χ1) is 18.6. The summed E-state index contributed by atoms with van der Waals surface area (Å²) in [5.41, 5.74) is -0.398. The van der Waals surface area contributed by atoms with Gasteiger partial charge in [0.1, 0.15) is 24.2 Å². The molecule has 2 aromatic carbocycles. The maximum Gasteiger partial charge on any atom is 0.198 e. The number of benzene rings is 2. The maximum atomic E-state index is 13.4. The van der Waals surface area contributed by atoms with Crippen molar-refractivity contribution >= 4 is 17.3 Å². The van der Waals surface area contributed by atoms with Crippen molar-refractivity contribution in [1.82, 2.24) is 0 Å². The zero-order chi connectivity index (χ0) is 28.8. The number of hydrogen-bond acceptors (Lipinski definition) is 10. The minimum absolute atomic E-state index is 0.0173. The topological polar surface area (TPSA) is 171 Å². The van der Waals surface area contributed by atoms with E-state index in [0.29, 0.717) is 0 Å². The van der Waals surface area contributed by atoms with Crippen molar-refractivity contribution in [1.29, 1.82) is 0 Å². The van der Waals surface area contributed by atoms with Gasteiger partial charge in [0.15, 0.2) is 23.6 Å². The number of aliphatic hydroxyl groups excluding tert-OH is 3. The second-order valence-corrected chi connectivity index (χ2v) is 9.98. The van der Waals surface area contributed by atoms with E-state index in [1.807, 2.05) is 13.8 Å². The molecule has 2 aliphatic carbocycles. The van der Waals surface area contributed by atoms with Crippen LogP contribution in [0.5, 0.6) is 11.5 Å². The molecule has 3 unspecified atom stereocenters. The zero-order valence-corrected chi connectivity index (χ0v) is 22.2. The van der Waals surface area contributed by atoms with Crippen molar-refractivity contribution in [3.8, 4) is 11.5 Å². The Morgan fingerprint density at radius 1 is 0.974 bits per heavy atom. The predicted octanol–water partition coefficient (Wildman–Crippen LogP) is 2.18. The Morgan fingerprint density at radius 2 is 1.54 bits per heavy atom. The third-order valence-corrected chi connectivity index (χ3v) is 7.79. The van der Waals surface area contributed by atoms with Crippen molar-refractivity contribution in [2.75, 3.05) is 6.61 Å². The second kappa shape index (κ2) is 11.1. The summed E-state index contributed by atoms with van der Waals surface area (Å²) in [6, 6.07) is 6.09. The molecule has 1 aliphatic heterocycles. The number of carbonyl (C=O) groups excluding carboxylic acids is 3. The normalized spacial score (nSPS) is 29.5. The average Bonchev–Trinajstić information content (AvgIpc) is 2.95. The molecule has 0 bridgehead atoms. The van der Waals surface area contributed by atoms with E-state index in [1.165, 1.54) is 12.1 Å². The van der Waals surface area contributed by atoms with E-state index in [9.17, 15) is 39.9 Å². The van der Waals surface area contributed by atoms with Crippen LogP contribution in [-0.4, -0.2) is 74.1 Å². The van der Waals surface area contributed by atoms with Crippen molar-refractivity contribution in [3.05, 3.63) is 57.6 Å². The molecule has 5 rings (SSSR count). The van der Waals surface area contributed by atoms with E-state index in [1.54, 1.807) is 26.0 Å². The van der Waals surface area contributed by atoms with Crippen LogP contribution in [0.25, 0.3) is 0 Å². The van der Waals surface area contributed by atoms with Crippen LogP contribution in [0.2, 0.25) is 0 Å². The fourth-order valence-electron chi connectivity index (χ4n) is 5.62. The lowest BCUT2D eigenvalue weighted by molar-refractivity contribution is -0.288. The standard InChI is InChI=1S/C27H28O10.C2H6/c1-10-21(30)22(31)11(2)36-27(10)37-17-8-12(16(29)9-28)7-15-18(17)26(35)20-19(25(15)34)23(32)13-5-3-4-6-14(13)24(20)33;1-2/h3-6,10-12,17,21-22,27-28,30-31,34-35H,7-9H2,1-2H3;1-2H3/t10-,11?,12?,17+,21?,22+,27+;/m1./s1. The van der Waals surface area contributed by atoms with Crippen LogP contribution < -0.4 is 0 Å². The van der Waals surface area contributed by atoms with Gasteiger partial charge in [0.2, 0.25) is 0 Å². The van der Waals surface area contributed by atoms with Gasteiger partial charge in [-0.05, 0) is 19.8 Å². The highest BCUT2D eigenvalue weighted by atomic mass is 16.7. The van der Waals surface area contributed by atoms with Gasteiger partial charge in [0, 0.05) is 34.1 Å². The molecule has 0 amide bonds. The van der Waals surface area contributed by atoms with Crippen LogP contribution >= 0.6 is 0 Å². The third-order valence-electron chi connectivity index (χ3n) is 7.79. The van der Waals surface area contributed by atoms with E-state index in [-0.39, 0.29) is 46.2 Å². The van der Waals surface area contributed by atoms with Crippen LogP contribution in [0.15, 0.2) is 24.3 Å². The molecule has 1 saturated heterocycles. The Labute approximate surface area is 225 Å². The van der Waals surface area contributed by atoms with Gasteiger partial charge >= 0.3 is 0 Å². The predicted molar refractivity (Wildman–Crippen MR) is 138 cm³/mol. The first-order valence-corrected chi connectivity index (χ1v) is 13.2. The Balaban J connectivity index is 0.00000172. The fourth-order valence-corrected chi connectivity index (χ4v) is 5.62. The number of fused-ring (bicyclic) bond motifs is 3. The summed E-state index contributed by atoms with van der Waals surface area (Å²) >= 11 is 0. The highest BCUT2D eigenvalue weighted by molar-refractivity contribution is 6.30. The monoisotopic (exact) mass is 542 g/mol. The summed E-state index contributed by atoms with van der Waals surface area (Å²) in [6.45, 7) is 6.41. The van der Waals surface area contributed by atoms with Crippen LogP contribution in [0.4, 0.5) is 0 Å². The number of phenolic OH excluding ortho intramolecular Hbond substituents is 2. The van der Waals surface area contributed by atoms with Gasteiger partial charge in [-0.25, -0.2) is 0 Å². The highest BCUT2D eigenvalue weighted by Gasteiger charge is 2.46. The Morgan fingerprint density at radius 3 is 2.10 bits per heavy atom. The molecule has 10 nitrogen and oxygen atoms in total. The van der Waals surface area contributed by atoms with Gasteiger partial charge in [0.05, 0.1) is 29.4 Å². The second-order valence-electron chi connectivity index (χ2n) is 9.98. The molecule has 0 aromatic heterocycles. The zero-order valence-electron chi connectivity index (χ0n) is 22.2. The molecule has 39 heavy (non-hydrogen) atoms. The molecule has 5 N–H and O–H groups in total. The lowest BCUT2D eigenvalue weighted by Crippen LogP contribution is -2.53. The van der Waals surface area contributed by atoms with E-state index in [2.05, 4.69) is 0 Å². The Hall–Kier alpha value is -3.15. The fraction of sp³-hybridized carbons (Fsp3) is 0.483. The van der Waals surface area contributed by atoms with Gasteiger partial charge in [0.25, 0.3) is 0 Å². The van der Waals surface area contributed by atoms with E-state index >= 15 is 0 Å². The summed E-state index contributed by atoms with van der Waals surface area (Å²) in [5.74, 6) is -4.38. The van der Waals surface area contributed by atoms with Gasteiger partial charge in [-0.15, -0.1) is 0 Å². The number of rotatable bonds is 4. The molecule has 1 heterocycles. The van der Waals surface area contributed by atoms with Gasteiger partial charge in [-0.2, -0.15) is 0 Å². The molecule has 0 spiro atoms. The number of carbonyl (C=O) groups is 3. The van der Waals surface area contributed by atoms with E-state index in [4.69, 9.17) is 9.47 Å². The lowest BCUT2D eigenvalue weighted by atomic mass is 9.74. The van der Waals surface area contributed by atoms with Crippen molar-refractivity contribution in [2.45, 2.75) is 71.2 Å². The van der Waals surface area contributed by atoms with Crippen LogP contribution in [0, 0.1) is 11.8 Å². The molecule has 0 saturated carbocycles. The molecular weight excluding hydrogens is 508 g/mol. The number of ketones is 3. The smallest absolute Gasteiger partial charge is 0.198 e. The first-order valence-electron chi connectivity index (χ1n) is 13.2. The van der Waals surface area contributed by atoms with Gasteiger partial charge in [-0.3, -0.25) is 14.4 Å². The maximum absolute atomic E-state index is 13.4. The Bertz CT molecular complexity index is 1300. The highest BCUT2D eigenvalue weighted by Crippen LogP contribution is 2.51. The summed E-state index contributed by atoms with van der Waals surface area (Å²) < 4.78 is 11.9. The van der Waals surface area contributed by atoms with E-state index in [0.717, 1.165) is 0 Å². The van der Waals surface area contributed by atoms with Crippen LogP contribution in [0.3, 0.4) is 0 Å². The summed E-state index contributed by atoms with van der Waals surface area (Å²) in [6.07, 6.45) is -5.37. The van der Waals surface area contributed by atoms with E-state index < -0.39 is 78.0 Å². The molecular formula is C29H34O10. The molecule has 210 valence electrons. The number of aliphatic hydroxyl groups is 3. The van der Waals surface area contributed by atoms with Gasteiger partial charge in [-0.1, -0.05) is 45.0 Å². The minimum atomic E-state index is -1.17. The lowest BCUT2D eigenvalue weighted by Gasteiger charge is -2.43. The SMILES string of the molecule is CC.CC1O[C@@H](O[C@H]2CC(C(=O)CO)Cc3c(O)c4c(c(O)c32)C(=O)c2ccccc2C4=O)[C@H](C)C(O)[C@H]1O. The molecule has 0 radical (unpaired) electrons. The first kappa shape index (κ1) is 28.8. The molecule has 7 atom stereocenters. The van der Waals surface area contributed by atoms with Crippen LogP contribution in [0.1, 0.15) is 83.2 Å². The molecule has 3 aliphatic rings. The number of Topliss-reactive ketones (excluding diaryl/α,β-unsaturated/α-hetero) is 1. The summed E-state index contributed by atoms with van der Waals surface area (Å²) in [4.78, 5) is 39.2. The summed E-state index contributed by atoms with van der Waals surface area (Å²) in [5, 5.41) is 52.7. The van der Waals surface area contributed by atoms with Crippen molar-refractivity contribution < 1.29 is 49.4 Å². The van der Waals surface area contributed by atoms with Crippen LogP contribution in [-0.2, 0) is 20.7 Å². The largest absolute Gasteiger partial charge is 0.507 e.